The molecule has 1 unspecified atom stereocenters. The Bertz CT molecular complexity index is 185. The number of hydrogen-bond acceptors (Lipinski definition) is 1. The highest BCUT2D eigenvalue weighted by molar-refractivity contribution is 9.28. The van der Waals surface area contributed by atoms with Crippen molar-refractivity contribution in [1.82, 2.24) is 0 Å². The van der Waals surface area contributed by atoms with Crippen molar-refractivity contribution in [3.05, 3.63) is 9.47 Å². The Hall–Kier alpha value is 0.660. The molecule has 1 fully saturated rings. The molecule has 0 heterocycles. The summed E-state index contributed by atoms with van der Waals surface area (Å²) in [7, 11) is 0. The van der Waals surface area contributed by atoms with Crippen LogP contribution in [0.25, 0.3) is 0 Å². The van der Waals surface area contributed by atoms with E-state index in [1.807, 2.05) is 0 Å². The van der Waals surface area contributed by atoms with Crippen molar-refractivity contribution in [2.75, 3.05) is 0 Å². The van der Waals surface area contributed by atoms with Crippen LogP contribution >= 0.6 is 43.5 Å². The third-order valence-electron chi connectivity index (χ3n) is 1.92. The number of allylic oxidation sites excluding steroid dienone is 1. The smallest absolute Gasteiger partial charge is 0.208 e. The fourth-order valence-corrected chi connectivity index (χ4v) is 1.58. The highest BCUT2D eigenvalue weighted by Gasteiger charge is 2.43. The molecule has 1 nitrogen and oxygen atoms in total. The van der Waals surface area contributed by atoms with Gasteiger partial charge in [0, 0.05) is 0 Å². The molecular formula is C8H11Br2ClO. The van der Waals surface area contributed by atoms with E-state index in [-0.39, 0.29) is 5.75 Å². The molecule has 0 saturated heterocycles. The van der Waals surface area contributed by atoms with Gasteiger partial charge in [-0.3, -0.25) is 4.79 Å². The van der Waals surface area contributed by atoms with Gasteiger partial charge >= 0.3 is 0 Å². The SMILES string of the molecule is CC1(C)CC1C=C(Br)Br.O=CCl. The molecule has 1 rings (SSSR count). The van der Waals surface area contributed by atoms with Crippen LogP contribution in [-0.4, -0.2) is 5.75 Å². The van der Waals surface area contributed by atoms with Crippen molar-refractivity contribution in [1.29, 1.82) is 0 Å². The second-order valence-corrected chi connectivity index (χ2v) is 6.30. The lowest BCUT2D eigenvalue weighted by Gasteiger charge is -1.95. The third-order valence-corrected chi connectivity index (χ3v) is 2.45. The molecule has 0 aromatic carbocycles. The average molecular weight is 318 g/mol. The Morgan fingerprint density at radius 3 is 2.00 bits per heavy atom. The van der Waals surface area contributed by atoms with E-state index in [0.717, 1.165) is 9.31 Å². The van der Waals surface area contributed by atoms with Gasteiger partial charge in [-0.2, -0.15) is 0 Å². The average Bonchev–Trinajstić information content (AvgIpc) is 2.39. The fraction of sp³-hybridized carbons (Fsp3) is 0.625. The van der Waals surface area contributed by atoms with Crippen molar-refractivity contribution < 1.29 is 4.79 Å². The summed E-state index contributed by atoms with van der Waals surface area (Å²) in [6.45, 7) is 4.58. The molecule has 0 amide bonds. The molecule has 1 saturated carbocycles. The molecular weight excluding hydrogens is 307 g/mol. The van der Waals surface area contributed by atoms with E-state index in [2.05, 4.69) is 63.4 Å². The highest BCUT2D eigenvalue weighted by Crippen LogP contribution is 2.53. The highest BCUT2D eigenvalue weighted by atomic mass is 79.9. The minimum atomic E-state index is 0.222. The van der Waals surface area contributed by atoms with E-state index < -0.39 is 0 Å². The number of halogens is 3. The van der Waals surface area contributed by atoms with E-state index in [9.17, 15) is 0 Å². The first kappa shape index (κ1) is 12.7. The molecule has 0 aliphatic heterocycles. The number of carbonyl (C=O) groups excluding carboxylic acids is 1. The van der Waals surface area contributed by atoms with Crippen molar-refractivity contribution >= 4 is 49.2 Å². The molecule has 1 aliphatic carbocycles. The van der Waals surface area contributed by atoms with Gasteiger partial charge in [0.2, 0.25) is 5.75 Å². The van der Waals surface area contributed by atoms with Crippen LogP contribution in [0.3, 0.4) is 0 Å². The first-order valence-electron chi connectivity index (χ1n) is 3.50. The minimum absolute atomic E-state index is 0.222. The van der Waals surface area contributed by atoms with Crippen LogP contribution in [0.4, 0.5) is 0 Å². The zero-order valence-electron chi connectivity index (χ0n) is 6.98. The van der Waals surface area contributed by atoms with E-state index in [4.69, 9.17) is 4.79 Å². The Morgan fingerprint density at radius 1 is 1.58 bits per heavy atom. The van der Waals surface area contributed by atoms with Crippen molar-refractivity contribution in [2.24, 2.45) is 11.3 Å². The monoisotopic (exact) mass is 316 g/mol. The van der Waals surface area contributed by atoms with Crippen LogP contribution in [0, 0.1) is 11.3 Å². The molecule has 0 radical (unpaired) electrons. The molecule has 0 spiro atoms. The summed E-state index contributed by atoms with van der Waals surface area (Å²) in [6.07, 6.45) is 3.55. The first-order chi connectivity index (χ1) is 5.44. The third kappa shape index (κ3) is 5.33. The van der Waals surface area contributed by atoms with E-state index in [1.54, 1.807) is 0 Å². The summed E-state index contributed by atoms with van der Waals surface area (Å²) < 4.78 is 1.09. The zero-order chi connectivity index (χ0) is 9.78. The van der Waals surface area contributed by atoms with Crippen LogP contribution in [0.15, 0.2) is 9.47 Å². The van der Waals surface area contributed by atoms with Gasteiger partial charge in [-0.15, -0.1) is 0 Å². The molecule has 1 aliphatic rings. The summed E-state index contributed by atoms with van der Waals surface area (Å²) in [5.74, 6) is 1.01. The predicted molar refractivity (Wildman–Crippen MR) is 60.4 cm³/mol. The Kier molecular flexibility index (Phi) is 5.70. The van der Waals surface area contributed by atoms with Gasteiger partial charge in [0.05, 0.1) is 3.39 Å². The topological polar surface area (TPSA) is 17.1 Å². The molecule has 1 atom stereocenters. The Balaban J connectivity index is 0.000000354. The normalized spacial score (nSPS) is 23.2. The summed E-state index contributed by atoms with van der Waals surface area (Å²) >= 11 is 11.0. The van der Waals surface area contributed by atoms with Gasteiger partial charge in [0.15, 0.2) is 0 Å². The van der Waals surface area contributed by atoms with Gasteiger partial charge in [-0.25, -0.2) is 0 Å². The lowest BCUT2D eigenvalue weighted by Crippen LogP contribution is -1.85. The summed E-state index contributed by atoms with van der Waals surface area (Å²) in [6, 6.07) is 0. The molecule has 4 heteroatoms. The molecule has 70 valence electrons. The second kappa shape index (κ2) is 5.40. The van der Waals surface area contributed by atoms with E-state index in [0.29, 0.717) is 5.41 Å². The van der Waals surface area contributed by atoms with Crippen LogP contribution in [0.5, 0.6) is 0 Å². The van der Waals surface area contributed by atoms with Crippen LogP contribution in [0.2, 0.25) is 0 Å². The summed E-state index contributed by atoms with van der Waals surface area (Å²) in [5.41, 5.74) is 0.562. The van der Waals surface area contributed by atoms with Crippen molar-refractivity contribution in [3.8, 4) is 0 Å². The number of rotatable bonds is 1. The standard InChI is InChI=1S/C7H10Br2.CHClO/c1-7(2)4-5(7)3-6(8)9;2-1-3/h3,5H,4H2,1-2H3;1H. The lowest BCUT2D eigenvalue weighted by molar-refractivity contribution is 0.569. The Labute approximate surface area is 94.8 Å². The van der Waals surface area contributed by atoms with E-state index in [1.165, 1.54) is 6.42 Å². The van der Waals surface area contributed by atoms with Gasteiger partial charge < -0.3 is 0 Å². The summed E-state index contributed by atoms with van der Waals surface area (Å²) in [5, 5.41) is 0. The van der Waals surface area contributed by atoms with Crippen LogP contribution < -0.4 is 0 Å². The van der Waals surface area contributed by atoms with Gasteiger partial charge in [0.1, 0.15) is 0 Å². The van der Waals surface area contributed by atoms with Crippen molar-refractivity contribution in [2.45, 2.75) is 20.3 Å². The largest absolute Gasteiger partial charge is 0.285 e. The van der Waals surface area contributed by atoms with Gasteiger partial charge in [0.25, 0.3) is 0 Å². The molecule has 0 bridgehead atoms. The predicted octanol–water partition coefficient (Wildman–Crippen LogP) is 4.08. The summed E-state index contributed by atoms with van der Waals surface area (Å²) in [4.78, 5) is 8.57. The fourth-order valence-electron chi connectivity index (χ4n) is 0.944. The molecule has 0 aromatic rings. The Morgan fingerprint density at radius 2 is 1.92 bits per heavy atom. The molecule has 12 heavy (non-hydrogen) atoms. The van der Waals surface area contributed by atoms with Crippen LogP contribution in [0.1, 0.15) is 20.3 Å². The maximum atomic E-state index is 8.57. The second-order valence-electron chi connectivity index (χ2n) is 3.34. The minimum Gasteiger partial charge on any atom is -0.285 e. The maximum Gasteiger partial charge on any atom is 0.208 e. The van der Waals surface area contributed by atoms with Crippen molar-refractivity contribution in [3.63, 3.8) is 0 Å². The number of carbonyl (C=O) groups is 1. The number of hydrogen-bond donors (Lipinski definition) is 0. The van der Waals surface area contributed by atoms with Gasteiger partial charge in [-0.05, 0) is 61.2 Å². The maximum absolute atomic E-state index is 8.57. The van der Waals surface area contributed by atoms with Crippen LogP contribution in [-0.2, 0) is 4.79 Å². The molecule has 0 aromatic heterocycles. The quantitative estimate of drug-likeness (QED) is 0.526. The zero-order valence-corrected chi connectivity index (χ0v) is 10.9. The lowest BCUT2D eigenvalue weighted by atomic mass is 10.1. The molecule has 0 N–H and O–H groups in total. The van der Waals surface area contributed by atoms with E-state index >= 15 is 0 Å². The van der Waals surface area contributed by atoms with Gasteiger partial charge in [-0.1, -0.05) is 19.9 Å². The first-order valence-corrected chi connectivity index (χ1v) is 5.53.